The second-order valence-electron chi connectivity index (χ2n) is 4.24. The molecular formula is C11H17N3O. The molecule has 0 amide bonds. The molecule has 0 aliphatic heterocycles. The predicted octanol–water partition coefficient (Wildman–Crippen LogP) is 1.43. The van der Waals surface area contributed by atoms with Crippen LogP contribution in [0.4, 0.5) is 0 Å². The molecule has 82 valence electrons. The van der Waals surface area contributed by atoms with E-state index in [2.05, 4.69) is 10.2 Å². The molecule has 1 aromatic heterocycles. The maximum absolute atomic E-state index is 5.89. The van der Waals surface area contributed by atoms with Crippen LogP contribution < -0.4 is 10.5 Å². The predicted molar refractivity (Wildman–Crippen MR) is 57.6 cm³/mol. The van der Waals surface area contributed by atoms with Gasteiger partial charge in [-0.3, -0.25) is 0 Å². The topological polar surface area (TPSA) is 61.0 Å². The highest BCUT2D eigenvalue weighted by molar-refractivity contribution is 5.15. The van der Waals surface area contributed by atoms with Crippen LogP contribution >= 0.6 is 0 Å². The molecule has 1 aliphatic carbocycles. The molecule has 4 nitrogen and oxygen atoms in total. The van der Waals surface area contributed by atoms with Crippen molar-refractivity contribution in [1.29, 1.82) is 0 Å². The first-order valence-electron chi connectivity index (χ1n) is 5.45. The van der Waals surface area contributed by atoms with Gasteiger partial charge in [0.25, 0.3) is 0 Å². The maximum Gasteiger partial charge on any atom is 0.233 e. The van der Waals surface area contributed by atoms with Crippen LogP contribution in [0.3, 0.4) is 0 Å². The second-order valence-corrected chi connectivity index (χ2v) is 4.24. The zero-order chi connectivity index (χ0) is 10.7. The van der Waals surface area contributed by atoms with Crippen LogP contribution in [0.15, 0.2) is 12.3 Å². The van der Waals surface area contributed by atoms with E-state index in [0.29, 0.717) is 5.88 Å². The molecule has 1 saturated carbocycles. The molecule has 1 fully saturated rings. The summed E-state index contributed by atoms with van der Waals surface area (Å²) in [6.45, 7) is 1.98. The molecule has 0 spiro atoms. The largest absolute Gasteiger partial charge is 0.473 e. The smallest absolute Gasteiger partial charge is 0.233 e. The number of nitrogens with two attached hydrogens (primary N) is 1. The molecule has 2 atom stereocenters. The Kier molecular flexibility index (Phi) is 3.16. The molecule has 1 aliphatic rings. The van der Waals surface area contributed by atoms with Crippen LogP contribution in [-0.4, -0.2) is 22.3 Å². The second kappa shape index (κ2) is 4.57. The van der Waals surface area contributed by atoms with Crippen molar-refractivity contribution in [2.45, 2.75) is 44.8 Å². The Morgan fingerprint density at radius 1 is 1.47 bits per heavy atom. The molecule has 1 heterocycles. The number of nitrogens with zero attached hydrogens (tertiary/aromatic N) is 2. The Morgan fingerprint density at radius 2 is 2.33 bits per heavy atom. The van der Waals surface area contributed by atoms with Crippen molar-refractivity contribution in [3.8, 4) is 5.88 Å². The van der Waals surface area contributed by atoms with Gasteiger partial charge in [0.1, 0.15) is 6.10 Å². The summed E-state index contributed by atoms with van der Waals surface area (Å²) in [4.78, 5) is 0. The standard InChI is InChI=1S/C11H17N3O/c1-8-5-11(14-13-7-8)15-10-4-2-3-9(12)6-10/h5,7,9-10H,2-4,6,12H2,1H3. The van der Waals surface area contributed by atoms with Gasteiger partial charge in [-0.2, -0.15) is 5.10 Å². The van der Waals surface area contributed by atoms with E-state index in [-0.39, 0.29) is 12.1 Å². The van der Waals surface area contributed by atoms with E-state index in [1.807, 2.05) is 13.0 Å². The summed E-state index contributed by atoms with van der Waals surface area (Å²) < 4.78 is 5.75. The lowest BCUT2D eigenvalue weighted by Gasteiger charge is -2.26. The summed E-state index contributed by atoms with van der Waals surface area (Å²) in [6.07, 6.45) is 6.19. The fourth-order valence-electron chi connectivity index (χ4n) is 1.95. The van der Waals surface area contributed by atoms with Crippen LogP contribution in [0, 0.1) is 6.92 Å². The third-order valence-corrected chi connectivity index (χ3v) is 2.72. The molecule has 0 saturated heterocycles. The summed E-state index contributed by atoms with van der Waals surface area (Å²) in [5.41, 5.74) is 6.96. The Bertz CT molecular complexity index is 329. The molecule has 2 N–H and O–H groups in total. The van der Waals surface area contributed by atoms with Gasteiger partial charge in [0.2, 0.25) is 5.88 Å². The van der Waals surface area contributed by atoms with Crippen LogP contribution in [0.25, 0.3) is 0 Å². The van der Waals surface area contributed by atoms with Gasteiger partial charge >= 0.3 is 0 Å². The van der Waals surface area contributed by atoms with Crippen LogP contribution in [-0.2, 0) is 0 Å². The third kappa shape index (κ3) is 2.89. The Balaban J connectivity index is 1.96. The quantitative estimate of drug-likeness (QED) is 0.797. The minimum Gasteiger partial charge on any atom is -0.473 e. The highest BCUT2D eigenvalue weighted by Gasteiger charge is 2.20. The van der Waals surface area contributed by atoms with Crippen molar-refractivity contribution in [2.24, 2.45) is 5.73 Å². The first-order chi connectivity index (χ1) is 7.24. The summed E-state index contributed by atoms with van der Waals surface area (Å²) in [7, 11) is 0. The van der Waals surface area contributed by atoms with Crippen molar-refractivity contribution in [3.05, 3.63) is 17.8 Å². The molecule has 0 radical (unpaired) electrons. The van der Waals surface area contributed by atoms with E-state index in [9.17, 15) is 0 Å². The summed E-state index contributed by atoms with van der Waals surface area (Å²) in [6, 6.07) is 2.19. The maximum atomic E-state index is 5.89. The third-order valence-electron chi connectivity index (χ3n) is 2.72. The van der Waals surface area contributed by atoms with E-state index in [4.69, 9.17) is 10.5 Å². The minimum absolute atomic E-state index is 0.213. The lowest BCUT2D eigenvalue weighted by atomic mass is 9.94. The van der Waals surface area contributed by atoms with E-state index in [1.165, 1.54) is 0 Å². The SMILES string of the molecule is Cc1cnnc(OC2CCCC(N)C2)c1. The lowest BCUT2D eigenvalue weighted by Crippen LogP contribution is -2.33. The average molecular weight is 207 g/mol. The van der Waals surface area contributed by atoms with Gasteiger partial charge < -0.3 is 10.5 Å². The fraction of sp³-hybridized carbons (Fsp3) is 0.636. The number of rotatable bonds is 2. The summed E-state index contributed by atoms with van der Waals surface area (Å²) >= 11 is 0. The van der Waals surface area contributed by atoms with Crippen molar-refractivity contribution >= 4 is 0 Å². The van der Waals surface area contributed by atoms with E-state index in [1.54, 1.807) is 6.20 Å². The number of hydrogen-bond donors (Lipinski definition) is 1. The van der Waals surface area contributed by atoms with Gasteiger partial charge in [0.05, 0.1) is 6.20 Å². The van der Waals surface area contributed by atoms with Gasteiger partial charge in [0.15, 0.2) is 0 Å². The molecule has 2 unspecified atom stereocenters. The van der Waals surface area contributed by atoms with Gasteiger partial charge in [-0.15, -0.1) is 5.10 Å². The number of hydrogen-bond acceptors (Lipinski definition) is 4. The molecule has 15 heavy (non-hydrogen) atoms. The monoisotopic (exact) mass is 207 g/mol. The molecular weight excluding hydrogens is 190 g/mol. The first-order valence-corrected chi connectivity index (χ1v) is 5.45. The molecule has 2 rings (SSSR count). The van der Waals surface area contributed by atoms with Crippen molar-refractivity contribution in [3.63, 3.8) is 0 Å². The number of aryl methyl sites for hydroxylation is 1. The Labute approximate surface area is 89.8 Å². The van der Waals surface area contributed by atoms with Crippen molar-refractivity contribution < 1.29 is 4.74 Å². The van der Waals surface area contributed by atoms with E-state index in [0.717, 1.165) is 31.2 Å². The molecule has 4 heteroatoms. The molecule has 0 aromatic carbocycles. The fourth-order valence-corrected chi connectivity index (χ4v) is 1.95. The van der Waals surface area contributed by atoms with E-state index >= 15 is 0 Å². The normalized spacial score (nSPS) is 26.3. The average Bonchev–Trinajstić information content (AvgIpc) is 2.17. The van der Waals surface area contributed by atoms with Gasteiger partial charge in [-0.1, -0.05) is 0 Å². The zero-order valence-corrected chi connectivity index (χ0v) is 9.02. The Hall–Kier alpha value is -1.16. The van der Waals surface area contributed by atoms with Gasteiger partial charge in [-0.25, -0.2) is 0 Å². The minimum atomic E-state index is 0.213. The number of ether oxygens (including phenoxy) is 1. The van der Waals surface area contributed by atoms with Crippen LogP contribution in [0.1, 0.15) is 31.2 Å². The number of aromatic nitrogens is 2. The highest BCUT2D eigenvalue weighted by Crippen LogP contribution is 2.21. The first kappa shape index (κ1) is 10.4. The van der Waals surface area contributed by atoms with Crippen molar-refractivity contribution in [1.82, 2.24) is 10.2 Å². The molecule has 0 bridgehead atoms. The summed E-state index contributed by atoms with van der Waals surface area (Å²) in [5, 5.41) is 7.81. The Morgan fingerprint density at radius 3 is 3.07 bits per heavy atom. The lowest BCUT2D eigenvalue weighted by molar-refractivity contribution is 0.137. The summed E-state index contributed by atoms with van der Waals surface area (Å²) in [5.74, 6) is 0.620. The highest BCUT2D eigenvalue weighted by atomic mass is 16.5. The van der Waals surface area contributed by atoms with Crippen LogP contribution in [0.5, 0.6) is 5.88 Å². The van der Waals surface area contributed by atoms with Crippen LogP contribution in [0.2, 0.25) is 0 Å². The van der Waals surface area contributed by atoms with Gasteiger partial charge in [-0.05, 0) is 38.2 Å². The van der Waals surface area contributed by atoms with Crippen molar-refractivity contribution in [2.75, 3.05) is 0 Å². The van der Waals surface area contributed by atoms with E-state index < -0.39 is 0 Å². The zero-order valence-electron chi connectivity index (χ0n) is 9.02. The molecule has 1 aromatic rings. The van der Waals surface area contributed by atoms with Gasteiger partial charge in [0, 0.05) is 12.1 Å².